The van der Waals surface area contributed by atoms with Gasteiger partial charge in [0.05, 0.1) is 0 Å². The Labute approximate surface area is 235 Å². The number of benzene rings is 1. The Hall–Kier alpha value is -2.67. The predicted octanol–water partition coefficient (Wildman–Crippen LogP) is 2.99. The number of nitrogen functional groups attached to an aromatic ring is 1. The second-order valence-corrected chi connectivity index (χ2v) is 10.5. The lowest BCUT2D eigenvalue weighted by Gasteiger charge is -2.47. The second kappa shape index (κ2) is 12.2. The largest absolute Gasteiger partial charge is 0.517 e. The van der Waals surface area contributed by atoms with Crippen LogP contribution in [-0.4, -0.2) is 82.5 Å². The Morgan fingerprint density at radius 2 is 1.79 bits per heavy atom. The molecule has 212 valence electrons. The van der Waals surface area contributed by atoms with Crippen LogP contribution >= 0.6 is 23.2 Å². The zero-order valence-corrected chi connectivity index (χ0v) is 23.0. The monoisotopic (exact) mass is 587 g/mol. The molecule has 2 saturated heterocycles. The van der Waals surface area contributed by atoms with Crippen molar-refractivity contribution in [2.75, 3.05) is 43.4 Å². The molecule has 2 aromatic rings. The van der Waals surface area contributed by atoms with Gasteiger partial charge in [-0.15, -0.1) is 0 Å². The third-order valence-electron chi connectivity index (χ3n) is 7.21. The maximum atomic E-state index is 12.7. The number of nitrogens with two attached hydrogens (primary N) is 2. The molecule has 1 aromatic carbocycles. The number of halogens is 5. The van der Waals surface area contributed by atoms with Gasteiger partial charge in [-0.1, -0.05) is 42.3 Å². The van der Waals surface area contributed by atoms with E-state index in [0.29, 0.717) is 24.9 Å². The predicted molar refractivity (Wildman–Crippen MR) is 145 cm³/mol. The maximum Gasteiger partial charge on any atom is 0.517 e. The summed E-state index contributed by atoms with van der Waals surface area (Å²) in [5.74, 6) is -2.72. The standard InChI is InChI=1S/C25H31Cl2F3N8O/c1-2-17-14-37(23-20(27)34-19(21(31)35-23)22(32)39-24(33)25(28,29)30)11-12-38(17)18-7-9-36(10-8-18)13-15-3-5-16(26)6-4-15/h3-6,17-18,32-33H,2,7-14H2,1H3,(H2,31,35)/p+1/t17-/m0/s1. The van der Waals surface area contributed by atoms with E-state index in [-0.39, 0.29) is 17.0 Å². The van der Waals surface area contributed by atoms with Crippen LogP contribution in [0, 0.1) is 5.41 Å². The molecule has 4 rings (SSSR count). The molecular weight excluding hydrogens is 556 g/mol. The van der Waals surface area contributed by atoms with E-state index in [1.54, 1.807) is 0 Å². The van der Waals surface area contributed by atoms with E-state index in [4.69, 9.17) is 39.8 Å². The van der Waals surface area contributed by atoms with Crippen molar-refractivity contribution < 1.29 is 23.3 Å². The van der Waals surface area contributed by atoms with E-state index in [2.05, 4.69) is 43.6 Å². The van der Waals surface area contributed by atoms with E-state index < -0.39 is 23.7 Å². The lowest BCUT2D eigenvalue weighted by atomic mass is 9.98. The minimum atomic E-state index is -4.93. The van der Waals surface area contributed by atoms with Gasteiger partial charge in [0.25, 0.3) is 0 Å². The van der Waals surface area contributed by atoms with E-state index in [9.17, 15) is 13.2 Å². The third-order valence-corrected chi connectivity index (χ3v) is 7.72. The molecule has 2 fully saturated rings. The minimum absolute atomic E-state index is 0.0723. The van der Waals surface area contributed by atoms with Crippen LogP contribution in [0.15, 0.2) is 24.3 Å². The zero-order chi connectivity index (χ0) is 28.3. The molecule has 3 heterocycles. The van der Waals surface area contributed by atoms with Crippen molar-refractivity contribution in [2.45, 2.75) is 51.0 Å². The van der Waals surface area contributed by atoms with E-state index in [1.165, 1.54) is 5.56 Å². The normalized spacial score (nSPS) is 19.7. The van der Waals surface area contributed by atoms with Gasteiger partial charge in [0.1, 0.15) is 0 Å². The molecule has 1 aromatic heterocycles. The number of aromatic nitrogens is 2. The second-order valence-electron chi connectivity index (χ2n) is 9.74. The van der Waals surface area contributed by atoms with Crippen molar-refractivity contribution in [2.24, 2.45) is 0 Å². The first-order valence-corrected chi connectivity index (χ1v) is 13.5. The van der Waals surface area contributed by atoms with Gasteiger partial charge in [-0.25, -0.2) is 15.4 Å². The van der Waals surface area contributed by atoms with Crippen LogP contribution in [0.1, 0.15) is 37.4 Å². The molecule has 5 N–H and O–H groups in total. The molecule has 2 aliphatic heterocycles. The lowest BCUT2D eigenvalue weighted by Crippen LogP contribution is -2.58. The van der Waals surface area contributed by atoms with Gasteiger partial charge in [0.2, 0.25) is 5.90 Å². The van der Waals surface area contributed by atoms with Crippen molar-refractivity contribution in [1.29, 1.82) is 5.41 Å². The smallest absolute Gasteiger partial charge is 0.382 e. The number of nitrogens with one attached hydrogen (secondary N) is 1. The molecule has 14 heteroatoms. The Kier molecular flexibility index (Phi) is 9.20. The first-order valence-electron chi connectivity index (χ1n) is 12.7. The van der Waals surface area contributed by atoms with Crippen molar-refractivity contribution in [3.05, 3.63) is 45.7 Å². The molecular formula is C25H32Cl2F3N8O+. The summed E-state index contributed by atoms with van der Waals surface area (Å²) in [6.45, 7) is 7.17. The SMILES string of the molecule is CC[C@H]1CN(c2nc(N)c(C(=N)OC(=[NH2+])C(F)(F)F)nc2Cl)CCN1C1CCN(Cc2ccc(Cl)cc2)CC1. The zero-order valence-electron chi connectivity index (χ0n) is 21.5. The number of piperidine rings is 1. The van der Waals surface area contributed by atoms with Gasteiger partial charge in [-0.05, 0) is 50.0 Å². The molecule has 1 atom stereocenters. The molecule has 0 saturated carbocycles. The molecule has 39 heavy (non-hydrogen) atoms. The Balaban J connectivity index is 1.36. The van der Waals surface area contributed by atoms with Crippen molar-refractivity contribution in [3.63, 3.8) is 0 Å². The summed E-state index contributed by atoms with van der Waals surface area (Å²) in [5, 5.41) is 13.3. The van der Waals surface area contributed by atoms with Gasteiger partial charge < -0.3 is 15.4 Å². The molecule has 2 aliphatic rings. The first kappa shape index (κ1) is 29.3. The van der Waals surface area contributed by atoms with Gasteiger partial charge in [0, 0.05) is 43.3 Å². The molecule has 9 nitrogen and oxygen atoms in total. The number of likely N-dealkylation sites (tertiary alicyclic amines) is 1. The average molecular weight is 588 g/mol. The summed E-state index contributed by atoms with van der Waals surface area (Å²) in [6.07, 6.45) is -1.86. The lowest BCUT2D eigenvalue weighted by molar-refractivity contribution is -0.191. The number of piperazine rings is 1. The van der Waals surface area contributed by atoms with Crippen LogP contribution in [0.3, 0.4) is 0 Å². The van der Waals surface area contributed by atoms with Gasteiger partial charge >= 0.3 is 12.1 Å². The van der Waals surface area contributed by atoms with Crippen LogP contribution in [0.4, 0.5) is 24.8 Å². The fraction of sp³-hybridized carbons (Fsp3) is 0.520. The van der Waals surface area contributed by atoms with Gasteiger partial charge in [-0.2, -0.15) is 13.2 Å². The average Bonchev–Trinajstić information content (AvgIpc) is 2.90. The van der Waals surface area contributed by atoms with Crippen LogP contribution in [-0.2, 0) is 11.3 Å². The molecule has 0 radical (unpaired) electrons. The quantitative estimate of drug-likeness (QED) is 0.351. The summed E-state index contributed by atoms with van der Waals surface area (Å²) in [7, 11) is 0. The van der Waals surface area contributed by atoms with E-state index >= 15 is 0 Å². The Bertz CT molecular complexity index is 1190. The fourth-order valence-corrected chi connectivity index (χ4v) is 5.54. The third kappa shape index (κ3) is 7.10. The first-order chi connectivity index (χ1) is 18.5. The highest BCUT2D eigenvalue weighted by molar-refractivity contribution is 6.32. The fourth-order valence-electron chi connectivity index (χ4n) is 5.17. The summed E-state index contributed by atoms with van der Waals surface area (Å²) in [6, 6.07) is 8.72. The summed E-state index contributed by atoms with van der Waals surface area (Å²) in [4.78, 5) is 15.3. The van der Waals surface area contributed by atoms with Crippen LogP contribution in [0.2, 0.25) is 10.2 Å². The highest BCUT2D eigenvalue weighted by Gasteiger charge is 2.44. The van der Waals surface area contributed by atoms with Crippen LogP contribution < -0.4 is 16.0 Å². The Morgan fingerprint density at radius 1 is 1.13 bits per heavy atom. The molecule has 0 amide bonds. The number of alkyl halides is 3. The topological polar surface area (TPSA) is 120 Å². The van der Waals surface area contributed by atoms with Crippen molar-refractivity contribution in [3.8, 4) is 0 Å². The van der Waals surface area contributed by atoms with Crippen molar-refractivity contribution in [1.82, 2.24) is 19.8 Å². The molecule has 0 unspecified atom stereocenters. The van der Waals surface area contributed by atoms with Crippen LogP contribution in [0.5, 0.6) is 0 Å². The summed E-state index contributed by atoms with van der Waals surface area (Å²) >= 11 is 12.4. The maximum absolute atomic E-state index is 12.7. The molecule has 0 spiro atoms. The number of ether oxygens (including phenoxy) is 1. The molecule has 0 bridgehead atoms. The number of anilines is 2. The number of rotatable bonds is 6. The van der Waals surface area contributed by atoms with Gasteiger partial charge in [-0.3, -0.25) is 15.2 Å². The van der Waals surface area contributed by atoms with E-state index in [0.717, 1.165) is 50.5 Å². The highest BCUT2D eigenvalue weighted by atomic mass is 35.5. The Morgan fingerprint density at radius 3 is 2.41 bits per heavy atom. The summed E-state index contributed by atoms with van der Waals surface area (Å²) in [5.41, 5.74) is 6.78. The van der Waals surface area contributed by atoms with Crippen LogP contribution in [0.25, 0.3) is 0 Å². The minimum Gasteiger partial charge on any atom is -0.382 e. The molecule has 0 aliphatic carbocycles. The summed E-state index contributed by atoms with van der Waals surface area (Å²) < 4.78 is 42.4. The highest BCUT2D eigenvalue weighted by Crippen LogP contribution is 2.30. The van der Waals surface area contributed by atoms with Gasteiger partial charge in [0.15, 0.2) is 22.5 Å². The number of nitrogens with zero attached hydrogens (tertiary/aromatic N) is 5. The number of hydrogen-bond donors (Lipinski definition) is 3. The van der Waals surface area contributed by atoms with Crippen molar-refractivity contribution >= 4 is 46.6 Å². The number of hydrogen-bond acceptors (Lipinski definition) is 8. The van der Waals surface area contributed by atoms with E-state index in [1.807, 2.05) is 17.0 Å².